The maximum atomic E-state index is 11.8. The van der Waals surface area contributed by atoms with Gasteiger partial charge < -0.3 is 5.32 Å². The molecule has 130 valence electrons. The number of rotatable bonds is 5. The van der Waals surface area contributed by atoms with Gasteiger partial charge in [0.25, 0.3) is 0 Å². The second kappa shape index (κ2) is 7.17. The summed E-state index contributed by atoms with van der Waals surface area (Å²) in [5, 5.41) is 4.79. The van der Waals surface area contributed by atoms with Crippen LogP contribution in [-0.4, -0.2) is 43.1 Å². The molecule has 1 saturated heterocycles. The Hall–Kier alpha value is -1.50. The van der Waals surface area contributed by atoms with Crippen LogP contribution < -0.4 is 5.32 Å². The van der Waals surface area contributed by atoms with Crippen molar-refractivity contribution in [2.24, 2.45) is 5.92 Å². The standard InChI is InChI=1S/C18H25N3O2S/c1-3-14-13-21(24(2,22)23)11-9-17(14)20-12-16-7-4-6-15-8-5-10-19-18(15)16/h4-8,10,14,17,20H,3,9,11-13H2,1-2H3. The van der Waals surface area contributed by atoms with Crippen LogP contribution in [0.1, 0.15) is 25.3 Å². The van der Waals surface area contributed by atoms with E-state index < -0.39 is 10.0 Å². The fourth-order valence-corrected chi connectivity index (χ4v) is 4.43. The Morgan fingerprint density at radius 2 is 2.08 bits per heavy atom. The van der Waals surface area contributed by atoms with E-state index in [9.17, 15) is 8.42 Å². The number of nitrogens with one attached hydrogen (secondary N) is 1. The summed E-state index contributed by atoms with van der Waals surface area (Å²) >= 11 is 0. The number of piperidine rings is 1. The van der Waals surface area contributed by atoms with Crippen LogP contribution in [-0.2, 0) is 16.6 Å². The predicted octanol–water partition coefficient (Wildman–Crippen LogP) is 2.38. The third kappa shape index (κ3) is 3.77. The summed E-state index contributed by atoms with van der Waals surface area (Å²) in [6, 6.07) is 10.6. The van der Waals surface area contributed by atoms with Crippen molar-refractivity contribution in [3.05, 3.63) is 42.1 Å². The van der Waals surface area contributed by atoms with Gasteiger partial charge in [-0.15, -0.1) is 0 Å². The quantitative estimate of drug-likeness (QED) is 0.902. The highest BCUT2D eigenvalue weighted by atomic mass is 32.2. The number of aromatic nitrogens is 1. The molecule has 2 atom stereocenters. The van der Waals surface area contributed by atoms with Crippen molar-refractivity contribution in [3.63, 3.8) is 0 Å². The van der Waals surface area contributed by atoms with E-state index in [1.807, 2.05) is 12.3 Å². The molecule has 5 nitrogen and oxygen atoms in total. The third-order valence-electron chi connectivity index (χ3n) is 4.96. The lowest BCUT2D eigenvalue weighted by atomic mass is 9.91. The summed E-state index contributed by atoms with van der Waals surface area (Å²) in [7, 11) is -3.09. The SMILES string of the molecule is CCC1CN(S(C)(=O)=O)CCC1NCc1cccc2cccnc12. The van der Waals surface area contributed by atoms with Gasteiger partial charge >= 0.3 is 0 Å². The van der Waals surface area contributed by atoms with E-state index in [1.54, 1.807) is 4.31 Å². The monoisotopic (exact) mass is 347 g/mol. The molecule has 1 aromatic carbocycles. The third-order valence-corrected chi connectivity index (χ3v) is 6.23. The van der Waals surface area contributed by atoms with E-state index in [4.69, 9.17) is 0 Å². The zero-order valence-electron chi connectivity index (χ0n) is 14.3. The number of sulfonamides is 1. The molecule has 0 aliphatic carbocycles. The summed E-state index contributed by atoms with van der Waals surface area (Å²) in [4.78, 5) is 4.50. The average molecular weight is 347 g/mol. The number of pyridine rings is 1. The van der Waals surface area contributed by atoms with Gasteiger partial charge in [0.2, 0.25) is 10.0 Å². The van der Waals surface area contributed by atoms with E-state index in [1.165, 1.54) is 11.8 Å². The van der Waals surface area contributed by atoms with Crippen molar-refractivity contribution in [1.82, 2.24) is 14.6 Å². The summed E-state index contributed by atoms with van der Waals surface area (Å²) < 4.78 is 25.2. The molecule has 0 amide bonds. The molecule has 1 aliphatic rings. The Morgan fingerprint density at radius 3 is 2.83 bits per heavy atom. The van der Waals surface area contributed by atoms with Crippen molar-refractivity contribution in [3.8, 4) is 0 Å². The number of hydrogen-bond donors (Lipinski definition) is 1. The van der Waals surface area contributed by atoms with Crippen LogP contribution in [0.3, 0.4) is 0 Å². The highest BCUT2D eigenvalue weighted by Gasteiger charge is 2.31. The Bertz CT molecular complexity index is 802. The highest BCUT2D eigenvalue weighted by Crippen LogP contribution is 2.23. The number of fused-ring (bicyclic) bond motifs is 1. The maximum absolute atomic E-state index is 11.8. The first-order chi connectivity index (χ1) is 11.5. The van der Waals surface area contributed by atoms with Crippen LogP contribution in [0, 0.1) is 5.92 Å². The molecule has 3 rings (SSSR count). The number of hydrogen-bond acceptors (Lipinski definition) is 4. The fourth-order valence-electron chi connectivity index (χ4n) is 3.53. The largest absolute Gasteiger partial charge is 0.309 e. The molecule has 1 aromatic heterocycles. The maximum Gasteiger partial charge on any atom is 0.211 e. The summed E-state index contributed by atoms with van der Waals surface area (Å²) in [5.74, 6) is 0.344. The van der Waals surface area contributed by atoms with Crippen LogP contribution in [0.2, 0.25) is 0 Å². The molecule has 1 aliphatic heterocycles. The van der Waals surface area contributed by atoms with Gasteiger partial charge in [0, 0.05) is 37.3 Å². The Balaban J connectivity index is 1.70. The first-order valence-corrected chi connectivity index (χ1v) is 10.3. The molecule has 0 radical (unpaired) electrons. The zero-order valence-corrected chi connectivity index (χ0v) is 15.1. The molecule has 1 fully saturated rings. The molecule has 0 spiro atoms. The van der Waals surface area contributed by atoms with E-state index in [2.05, 4.69) is 41.5 Å². The molecular formula is C18H25N3O2S. The van der Waals surface area contributed by atoms with Crippen molar-refractivity contribution < 1.29 is 8.42 Å². The lowest BCUT2D eigenvalue weighted by Crippen LogP contribution is -2.50. The molecular weight excluding hydrogens is 322 g/mol. The normalized spacial score (nSPS) is 22.8. The van der Waals surface area contributed by atoms with Crippen molar-refractivity contribution in [2.45, 2.75) is 32.4 Å². The number of para-hydroxylation sites is 1. The van der Waals surface area contributed by atoms with E-state index in [0.717, 1.165) is 30.3 Å². The van der Waals surface area contributed by atoms with Gasteiger partial charge in [0.15, 0.2) is 0 Å². The molecule has 1 N–H and O–H groups in total. The molecule has 2 aromatic rings. The van der Waals surface area contributed by atoms with Crippen LogP contribution >= 0.6 is 0 Å². The van der Waals surface area contributed by atoms with Crippen molar-refractivity contribution in [1.29, 1.82) is 0 Å². The number of nitrogens with zero attached hydrogens (tertiary/aromatic N) is 2. The second-order valence-electron chi connectivity index (χ2n) is 6.56. The van der Waals surface area contributed by atoms with Gasteiger partial charge in [0.1, 0.15) is 0 Å². The Kier molecular flexibility index (Phi) is 5.18. The summed E-state index contributed by atoms with van der Waals surface area (Å²) in [5.41, 5.74) is 2.22. The minimum Gasteiger partial charge on any atom is -0.309 e. The smallest absolute Gasteiger partial charge is 0.211 e. The van der Waals surface area contributed by atoms with Gasteiger partial charge in [-0.3, -0.25) is 4.98 Å². The fraction of sp³-hybridized carbons (Fsp3) is 0.500. The lowest BCUT2D eigenvalue weighted by Gasteiger charge is -2.37. The molecule has 2 heterocycles. The van der Waals surface area contributed by atoms with Crippen LogP contribution in [0.15, 0.2) is 36.5 Å². The minimum atomic E-state index is -3.09. The van der Waals surface area contributed by atoms with Gasteiger partial charge in [-0.05, 0) is 24.0 Å². The molecule has 0 bridgehead atoms. The van der Waals surface area contributed by atoms with Gasteiger partial charge in [-0.2, -0.15) is 0 Å². The summed E-state index contributed by atoms with van der Waals surface area (Å²) in [6.07, 6.45) is 4.95. The minimum absolute atomic E-state index is 0.340. The van der Waals surface area contributed by atoms with E-state index >= 15 is 0 Å². The van der Waals surface area contributed by atoms with Crippen LogP contribution in [0.5, 0.6) is 0 Å². The van der Waals surface area contributed by atoms with Crippen LogP contribution in [0.4, 0.5) is 0 Å². The molecule has 0 saturated carbocycles. The molecule has 24 heavy (non-hydrogen) atoms. The Morgan fingerprint density at radius 1 is 1.29 bits per heavy atom. The predicted molar refractivity (Wildman–Crippen MR) is 97.2 cm³/mol. The van der Waals surface area contributed by atoms with E-state index in [0.29, 0.717) is 25.0 Å². The average Bonchev–Trinajstić information content (AvgIpc) is 2.59. The van der Waals surface area contributed by atoms with Crippen molar-refractivity contribution >= 4 is 20.9 Å². The lowest BCUT2D eigenvalue weighted by molar-refractivity contribution is 0.202. The van der Waals surface area contributed by atoms with Gasteiger partial charge in [-0.1, -0.05) is 37.6 Å². The number of benzene rings is 1. The van der Waals surface area contributed by atoms with Gasteiger partial charge in [-0.25, -0.2) is 12.7 Å². The summed E-state index contributed by atoms with van der Waals surface area (Å²) in [6.45, 7) is 4.10. The molecule has 6 heteroatoms. The molecule has 2 unspecified atom stereocenters. The Labute approximate surface area is 144 Å². The van der Waals surface area contributed by atoms with Crippen LogP contribution in [0.25, 0.3) is 10.9 Å². The second-order valence-corrected chi connectivity index (χ2v) is 8.54. The van der Waals surface area contributed by atoms with E-state index in [-0.39, 0.29) is 0 Å². The topological polar surface area (TPSA) is 62.3 Å². The van der Waals surface area contributed by atoms with Crippen molar-refractivity contribution in [2.75, 3.05) is 19.3 Å². The first-order valence-electron chi connectivity index (χ1n) is 8.50. The highest BCUT2D eigenvalue weighted by molar-refractivity contribution is 7.88. The zero-order chi connectivity index (χ0) is 17.2. The first kappa shape index (κ1) is 17.3. The van der Waals surface area contributed by atoms with Gasteiger partial charge in [0.05, 0.1) is 11.8 Å².